The topological polar surface area (TPSA) is 58.3 Å². The third-order valence-corrected chi connectivity index (χ3v) is 3.07. The molecule has 108 valence electrons. The molecule has 1 rings (SSSR count). The molecule has 1 aromatic heterocycles. The highest BCUT2D eigenvalue weighted by atomic mass is 15.2. The van der Waals surface area contributed by atoms with E-state index in [1.54, 1.807) is 6.33 Å². The van der Waals surface area contributed by atoms with Crippen molar-refractivity contribution in [2.75, 3.05) is 44.4 Å². The molecule has 0 unspecified atom stereocenters. The van der Waals surface area contributed by atoms with Gasteiger partial charge >= 0.3 is 0 Å². The lowest BCUT2D eigenvalue weighted by Crippen LogP contribution is -2.34. The second-order valence-corrected chi connectivity index (χ2v) is 5.10. The Balaban J connectivity index is 2.96. The van der Waals surface area contributed by atoms with Crippen LogP contribution in [0.1, 0.15) is 32.3 Å². The molecule has 1 heterocycles. The molecule has 0 aliphatic carbocycles. The number of nitrogen functional groups attached to an aromatic ring is 1. The highest BCUT2D eigenvalue weighted by molar-refractivity contribution is 5.56. The van der Waals surface area contributed by atoms with Crippen molar-refractivity contribution in [1.82, 2.24) is 14.9 Å². The van der Waals surface area contributed by atoms with Gasteiger partial charge in [-0.25, -0.2) is 9.97 Å². The molecule has 0 radical (unpaired) electrons. The minimum Gasteiger partial charge on any atom is -0.383 e. The zero-order chi connectivity index (χ0) is 14.3. The van der Waals surface area contributed by atoms with Gasteiger partial charge in [0, 0.05) is 25.2 Å². The van der Waals surface area contributed by atoms with Crippen molar-refractivity contribution >= 4 is 11.6 Å². The van der Waals surface area contributed by atoms with Gasteiger partial charge < -0.3 is 15.5 Å². The first kappa shape index (κ1) is 15.7. The van der Waals surface area contributed by atoms with E-state index in [-0.39, 0.29) is 0 Å². The van der Waals surface area contributed by atoms with Crippen LogP contribution in [0.25, 0.3) is 0 Å². The van der Waals surface area contributed by atoms with Crippen LogP contribution in [-0.4, -0.2) is 48.6 Å². The molecular weight excluding hydrogens is 238 g/mol. The average Bonchev–Trinajstić information content (AvgIpc) is 2.37. The molecule has 5 nitrogen and oxygen atoms in total. The lowest BCUT2D eigenvalue weighted by molar-refractivity contribution is 0.412. The predicted molar refractivity (Wildman–Crippen MR) is 81.5 cm³/mol. The summed E-state index contributed by atoms with van der Waals surface area (Å²) < 4.78 is 0. The zero-order valence-electron chi connectivity index (χ0n) is 12.7. The van der Waals surface area contributed by atoms with Crippen LogP contribution in [0, 0.1) is 0 Å². The van der Waals surface area contributed by atoms with Crippen molar-refractivity contribution < 1.29 is 0 Å². The van der Waals surface area contributed by atoms with Gasteiger partial charge in [-0.2, -0.15) is 0 Å². The third kappa shape index (κ3) is 4.67. The minimum atomic E-state index is 0.623. The van der Waals surface area contributed by atoms with Crippen LogP contribution >= 0.6 is 0 Å². The van der Waals surface area contributed by atoms with Gasteiger partial charge in [0.2, 0.25) is 0 Å². The van der Waals surface area contributed by atoms with Crippen LogP contribution in [0.5, 0.6) is 0 Å². The van der Waals surface area contributed by atoms with Crippen LogP contribution < -0.4 is 10.6 Å². The molecule has 0 aliphatic heterocycles. The fraction of sp³-hybridized carbons (Fsp3) is 0.714. The van der Waals surface area contributed by atoms with E-state index in [9.17, 15) is 0 Å². The SMILES string of the molecule is CCCc1c(N)ncnc1N(CCC)CCN(C)C. The molecule has 0 amide bonds. The van der Waals surface area contributed by atoms with Gasteiger partial charge in [0.15, 0.2) is 0 Å². The summed E-state index contributed by atoms with van der Waals surface area (Å²) in [5.41, 5.74) is 7.10. The van der Waals surface area contributed by atoms with E-state index in [0.29, 0.717) is 5.82 Å². The molecule has 0 aromatic carbocycles. The van der Waals surface area contributed by atoms with Gasteiger partial charge in [0.25, 0.3) is 0 Å². The Morgan fingerprint density at radius 2 is 1.79 bits per heavy atom. The maximum atomic E-state index is 6.01. The number of aromatic nitrogens is 2. The molecule has 1 aromatic rings. The van der Waals surface area contributed by atoms with E-state index in [2.05, 4.69) is 47.7 Å². The Bertz CT molecular complexity index is 378. The van der Waals surface area contributed by atoms with Gasteiger partial charge in [0.1, 0.15) is 18.0 Å². The van der Waals surface area contributed by atoms with E-state index in [0.717, 1.165) is 50.3 Å². The monoisotopic (exact) mass is 265 g/mol. The van der Waals surface area contributed by atoms with E-state index >= 15 is 0 Å². The van der Waals surface area contributed by atoms with Gasteiger partial charge in [-0.1, -0.05) is 20.3 Å². The summed E-state index contributed by atoms with van der Waals surface area (Å²) in [5, 5.41) is 0. The fourth-order valence-electron chi connectivity index (χ4n) is 2.09. The Labute approximate surface area is 116 Å². The Morgan fingerprint density at radius 1 is 1.05 bits per heavy atom. The first-order valence-electron chi connectivity index (χ1n) is 7.09. The molecule has 0 spiro atoms. The number of nitrogens with two attached hydrogens (primary N) is 1. The van der Waals surface area contributed by atoms with Crippen molar-refractivity contribution in [3.8, 4) is 0 Å². The van der Waals surface area contributed by atoms with Gasteiger partial charge in [0.05, 0.1) is 0 Å². The van der Waals surface area contributed by atoms with Gasteiger partial charge in [-0.15, -0.1) is 0 Å². The normalized spacial score (nSPS) is 11.0. The summed E-state index contributed by atoms with van der Waals surface area (Å²) in [6, 6.07) is 0. The molecule has 0 aliphatic rings. The maximum Gasteiger partial charge on any atom is 0.137 e. The predicted octanol–water partition coefficient (Wildman–Crippen LogP) is 1.79. The smallest absolute Gasteiger partial charge is 0.137 e. The van der Waals surface area contributed by atoms with Crippen LogP contribution in [0.3, 0.4) is 0 Å². The van der Waals surface area contributed by atoms with Crippen LogP contribution in [-0.2, 0) is 6.42 Å². The molecule has 0 saturated carbocycles. The molecular formula is C14H27N5. The average molecular weight is 265 g/mol. The van der Waals surface area contributed by atoms with Crippen LogP contribution in [0.15, 0.2) is 6.33 Å². The molecule has 0 bridgehead atoms. The van der Waals surface area contributed by atoms with E-state index in [1.165, 1.54) is 0 Å². The molecule has 19 heavy (non-hydrogen) atoms. The van der Waals surface area contributed by atoms with E-state index < -0.39 is 0 Å². The van der Waals surface area contributed by atoms with Crippen molar-refractivity contribution in [3.05, 3.63) is 11.9 Å². The molecule has 2 N–H and O–H groups in total. The largest absolute Gasteiger partial charge is 0.383 e. The van der Waals surface area contributed by atoms with E-state index in [4.69, 9.17) is 5.73 Å². The third-order valence-electron chi connectivity index (χ3n) is 3.07. The van der Waals surface area contributed by atoms with Gasteiger partial charge in [-0.05, 0) is 26.9 Å². The van der Waals surface area contributed by atoms with Crippen molar-refractivity contribution in [2.45, 2.75) is 33.1 Å². The Hall–Kier alpha value is -1.36. The standard InChI is InChI=1S/C14H27N5/c1-5-7-12-13(15)16-11-17-14(12)19(8-6-2)10-9-18(3)4/h11H,5-10H2,1-4H3,(H2,15,16,17). The first-order chi connectivity index (χ1) is 9.10. The maximum absolute atomic E-state index is 6.01. The van der Waals surface area contributed by atoms with Crippen molar-refractivity contribution in [1.29, 1.82) is 0 Å². The number of nitrogens with zero attached hydrogens (tertiary/aromatic N) is 4. The number of anilines is 2. The summed E-state index contributed by atoms with van der Waals surface area (Å²) in [7, 11) is 4.18. The molecule has 0 fully saturated rings. The minimum absolute atomic E-state index is 0.623. The molecule has 0 atom stereocenters. The second-order valence-electron chi connectivity index (χ2n) is 5.10. The summed E-state index contributed by atoms with van der Waals surface area (Å²) in [4.78, 5) is 13.1. The second kappa shape index (κ2) is 7.94. The van der Waals surface area contributed by atoms with Crippen LogP contribution in [0.2, 0.25) is 0 Å². The van der Waals surface area contributed by atoms with Crippen molar-refractivity contribution in [3.63, 3.8) is 0 Å². The summed E-state index contributed by atoms with van der Waals surface area (Å²) in [6.07, 6.45) is 4.66. The lowest BCUT2D eigenvalue weighted by atomic mass is 10.1. The summed E-state index contributed by atoms with van der Waals surface area (Å²) >= 11 is 0. The number of likely N-dealkylation sites (N-methyl/N-ethyl adjacent to an activating group) is 1. The quantitative estimate of drug-likeness (QED) is 0.776. The van der Waals surface area contributed by atoms with Crippen LogP contribution in [0.4, 0.5) is 11.6 Å². The number of rotatable bonds is 8. The highest BCUT2D eigenvalue weighted by Crippen LogP contribution is 2.23. The first-order valence-corrected chi connectivity index (χ1v) is 7.09. The highest BCUT2D eigenvalue weighted by Gasteiger charge is 2.15. The Kier molecular flexibility index (Phi) is 6.56. The molecule has 0 saturated heterocycles. The van der Waals surface area contributed by atoms with Crippen molar-refractivity contribution in [2.24, 2.45) is 0 Å². The fourth-order valence-corrected chi connectivity index (χ4v) is 2.09. The number of hydrogen-bond donors (Lipinski definition) is 1. The molecule has 5 heteroatoms. The zero-order valence-corrected chi connectivity index (χ0v) is 12.7. The van der Waals surface area contributed by atoms with Gasteiger partial charge in [-0.3, -0.25) is 0 Å². The summed E-state index contributed by atoms with van der Waals surface area (Å²) in [6.45, 7) is 7.32. The lowest BCUT2D eigenvalue weighted by Gasteiger charge is -2.27. The Morgan fingerprint density at radius 3 is 2.37 bits per heavy atom. The number of hydrogen-bond acceptors (Lipinski definition) is 5. The van der Waals surface area contributed by atoms with E-state index in [1.807, 2.05) is 0 Å². The summed E-state index contributed by atoms with van der Waals surface area (Å²) in [5.74, 6) is 1.64.